The third-order valence-electron chi connectivity index (χ3n) is 7.83. The van der Waals surface area contributed by atoms with Gasteiger partial charge in [0.2, 0.25) is 0 Å². The summed E-state index contributed by atoms with van der Waals surface area (Å²) in [5.41, 5.74) is 6.99. The molecular formula is C31H43NO. The molecule has 4 rings (SSSR count). The van der Waals surface area contributed by atoms with Crippen molar-refractivity contribution in [2.45, 2.75) is 116 Å². The lowest BCUT2D eigenvalue weighted by atomic mass is 9.79. The zero-order chi connectivity index (χ0) is 23.8. The largest absolute Gasteiger partial charge is 0.507 e. The Bertz CT molecular complexity index is 972. The Balaban J connectivity index is 1.83. The number of hydrogen-bond acceptors (Lipinski definition) is 2. The second-order valence-corrected chi connectivity index (χ2v) is 12.5. The van der Waals surface area contributed by atoms with Crippen molar-refractivity contribution in [3.63, 3.8) is 0 Å². The van der Waals surface area contributed by atoms with Crippen LogP contribution < -0.4 is 0 Å². The molecule has 2 saturated carbocycles. The highest BCUT2D eigenvalue weighted by molar-refractivity contribution is 5.87. The maximum absolute atomic E-state index is 11.3. The average molecular weight is 446 g/mol. The molecular weight excluding hydrogens is 402 g/mol. The highest BCUT2D eigenvalue weighted by atomic mass is 16.3. The summed E-state index contributed by atoms with van der Waals surface area (Å²) in [6.45, 7) is 13.2. The molecule has 178 valence electrons. The number of phenols is 1. The SMILES string of the molecule is CC(C)(C)c1cc(C=Nc2c(C3CCCC3)cccc2C2CCCC2)c(O)c(C(C)(C)C)c1. The highest BCUT2D eigenvalue weighted by Gasteiger charge is 2.27. The molecule has 2 aromatic rings. The predicted octanol–water partition coefficient (Wildman–Crippen LogP) is 9.05. The van der Waals surface area contributed by atoms with Crippen LogP contribution in [0.5, 0.6) is 5.75 Å². The standard InChI is InChI=1S/C31H43NO/c1-30(2,3)24-18-23(29(33)27(19-24)31(4,5)6)20-32-28-25(21-12-7-8-13-21)16-11-17-26(28)22-14-9-10-15-22/h11,16-22,33H,7-10,12-15H2,1-6H3. The van der Waals surface area contributed by atoms with Crippen molar-refractivity contribution in [3.05, 3.63) is 58.1 Å². The van der Waals surface area contributed by atoms with Gasteiger partial charge < -0.3 is 5.11 Å². The molecule has 2 heteroatoms. The number of para-hydroxylation sites is 1. The lowest BCUT2D eigenvalue weighted by molar-refractivity contribution is 0.444. The Kier molecular flexibility index (Phi) is 6.76. The topological polar surface area (TPSA) is 32.6 Å². The molecule has 0 atom stereocenters. The Morgan fingerprint density at radius 3 is 1.76 bits per heavy atom. The predicted molar refractivity (Wildman–Crippen MR) is 142 cm³/mol. The molecule has 0 radical (unpaired) electrons. The van der Waals surface area contributed by atoms with Gasteiger partial charge in [0.05, 0.1) is 5.69 Å². The number of hydrogen-bond donors (Lipinski definition) is 1. The average Bonchev–Trinajstić information content (AvgIpc) is 3.45. The minimum Gasteiger partial charge on any atom is -0.507 e. The van der Waals surface area contributed by atoms with Crippen LogP contribution in [0.3, 0.4) is 0 Å². The van der Waals surface area contributed by atoms with E-state index in [2.05, 4.69) is 71.9 Å². The van der Waals surface area contributed by atoms with Gasteiger partial charge in [0.25, 0.3) is 0 Å². The molecule has 0 bridgehead atoms. The molecule has 0 unspecified atom stereocenters. The summed E-state index contributed by atoms with van der Waals surface area (Å²) in [7, 11) is 0. The van der Waals surface area contributed by atoms with Crippen molar-refractivity contribution in [3.8, 4) is 5.75 Å². The molecule has 2 aromatic carbocycles. The van der Waals surface area contributed by atoms with Gasteiger partial charge >= 0.3 is 0 Å². The first-order valence-electron chi connectivity index (χ1n) is 13.1. The Hall–Kier alpha value is -2.09. The van der Waals surface area contributed by atoms with Crippen molar-refractivity contribution in [2.24, 2.45) is 4.99 Å². The molecule has 0 saturated heterocycles. The van der Waals surface area contributed by atoms with E-state index in [9.17, 15) is 5.11 Å². The number of aromatic hydroxyl groups is 1. The van der Waals surface area contributed by atoms with Gasteiger partial charge in [-0.25, -0.2) is 0 Å². The molecule has 0 aromatic heterocycles. The van der Waals surface area contributed by atoms with Crippen molar-refractivity contribution < 1.29 is 5.11 Å². The Labute approximate surface area is 201 Å². The summed E-state index contributed by atoms with van der Waals surface area (Å²) in [4.78, 5) is 5.19. The van der Waals surface area contributed by atoms with Crippen molar-refractivity contribution in [2.75, 3.05) is 0 Å². The smallest absolute Gasteiger partial charge is 0.128 e. The minimum atomic E-state index is -0.134. The first-order chi connectivity index (χ1) is 15.6. The van der Waals surface area contributed by atoms with Crippen LogP contribution in [-0.4, -0.2) is 11.3 Å². The van der Waals surface area contributed by atoms with Gasteiger partial charge in [-0.2, -0.15) is 0 Å². The molecule has 0 heterocycles. The number of phenolic OH excluding ortho intramolecular Hbond substituents is 1. The fourth-order valence-corrected chi connectivity index (χ4v) is 5.76. The van der Waals surface area contributed by atoms with E-state index in [0.717, 1.165) is 11.1 Å². The second-order valence-electron chi connectivity index (χ2n) is 12.5. The van der Waals surface area contributed by atoms with E-state index < -0.39 is 0 Å². The van der Waals surface area contributed by atoms with Crippen molar-refractivity contribution >= 4 is 11.9 Å². The number of benzene rings is 2. The van der Waals surface area contributed by atoms with Gasteiger partial charge in [-0.1, -0.05) is 91.5 Å². The number of rotatable bonds is 4. The van der Waals surface area contributed by atoms with Crippen LogP contribution in [0.1, 0.15) is 133 Å². The van der Waals surface area contributed by atoms with E-state index in [1.165, 1.54) is 73.7 Å². The van der Waals surface area contributed by atoms with Crippen LogP contribution in [0.15, 0.2) is 35.3 Å². The van der Waals surface area contributed by atoms with Gasteiger partial charge in [-0.05, 0) is 71.1 Å². The fraction of sp³-hybridized carbons (Fsp3) is 0.581. The van der Waals surface area contributed by atoms with Gasteiger partial charge in [-0.3, -0.25) is 4.99 Å². The molecule has 0 aliphatic heterocycles. The minimum absolute atomic E-state index is 0.00700. The summed E-state index contributed by atoms with van der Waals surface area (Å²) in [5, 5.41) is 11.3. The van der Waals surface area contributed by atoms with E-state index in [0.29, 0.717) is 17.6 Å². The monoisotopic (exact) mass is 445 g/mol. The fourth-order valence-electron chi connectivity index (χ4n) is 5.76. The molecule has 0 amide bonds. The summed E-state index contributed by atoms with van der Waals surface area (Å²) in [5.74, 6) is 1.62. The third-order valence-corrected chi connectivity index (χ3v) is 7.83. The molecule has 33 heavy (non-hydrogen) atoms. The van der Waals surface area contributed by atoms with Crippen molar-refractivity contribution in [1.29, 1.82) is 0 Å². The van der Waals surface area contributed by atoms with E-state index in [-0.39, 0.29) is 10.8 Å². The van der Waals surface area contributed by atoms with Gasteiger partial charge in [0.1, 0.15) is 5.75 Å². The van der Waals surface area contributed by atoms with Gasteiger partial charge in [0, 0.05) is 17.3 Å². The summed E-state index contributed by atoms with van der Waals surface area (Å²) >= 11 is 0. The molecule has 2 aliphatic carbocycles. The van der Waals surface area contributed by atoms with Crippen LogP contribution in [0.2, 0.25) is 0 Å². The van der Waals surface area contributed by atoms with Crippen LogP contribution in [0.25, 0.3) is 0 Å². The number of aliphatic imine (C=N–C) groups is 1. The van der Waals surface area contributed by atoms with E-state index in [1.807, 2.05) is 6.21 Å². The van der Waals surface area contributed by atoms with E-state index >= 15 is 0 Å². The van der Waals surface area contributed by atoms with Crippen molar-refractivity contribution in [1.82, 2.24) is 0 Å². The molecule has 2 aliphatic rings. The van der Waals surface area contributed by atoms with Crippen LogP contribution in [0, 0.1) is 0 Å². The van der Waals surface area contributed by atoms with E-state index in [4.69, 9.17) is 4.99 Å². The first kappa shape index (κ1) is 24.0. The second kappa shape index (κ2) is 9.28. The van der Waals surface area contributed by atoms with Crippen LogP contribution >= 0.6 is 0 Å². The zero-order valence-corrected chi connectivity index (χ0v) is 21.7. The lowest BCUT2D eigenvalue weighted by Crippen LogP contribution is -2.17. The maximum atomic E-state index is 11.3. The van der Waals surface area contributed by atoms with E-state index in [1.54, 1.807) is 0 Å². The maximum Gasteiger partial charge on any atom is 0.128 e. The summed E-state index contributed by atoms with van der Waals surface area (Å²) < 4.78 is 0. The molecule has 0 spiro atoms. The molecule has 2 nitrogen and oxygen atoms in total. The van der Waals surface area contributed by atoms with Crippen LogP contribution in [-0.2, 0) is 10.8 Å². The van der Waals surface area contributed by atoms with Gasteiger partial charge in [-0.15, -0.1) is 0 Å². The first-order valence-corrected chi connectivity index (χ1v) is 13.1. The Morgan fingerprint density at radius 2 is 1.30 bits per heavy atom. The zero-order valence-electron chi connectivity index (χ0n) is 21.7. The third kappa shape index (κ3) is 5.20. The van der Waals surface area contributed by atoms with Gasteiger partial charge in [0.15, 0.2) is 0 Å². The Morgan fingerprint density at radius 1 is 0.788 bits per heavy atom. The van der Waals surface area contributed by atoms with Crippen LogP contribution in [0.4, 0.5) is 5.69 Å². The quantitative estimate of drug-likeness (QED) is 0.468. The number of nitrogens with zero attached hydrogens (tertiary/aromatic N) is 1. The highest BCUT2D eigenvalue weighted by Crippen LogP contribution is 2.46. The molecule has 2 fully saturated rings. The summed E-state index contributed by atoms with van der Waals surface area (Å²) in [6, 6.07) is 11.2. The molecule has 1 N–H and O–H groups in total. The normalized spacial score (nSPS) is 18.6. The summed E-state index contributed by atoms with van der Waals surface area (Å²) in [6.07, 6.45) is 12.3. The lowest BCUT2D eigenvalue weighted by Gasteiger charge is -2.27.